The number of rotatable bonds is 8. The first kappa shape index (κ1) is 22.1. The zero-order chi connectivity index (χ0) is 22.0. The molecule has 0 radical (unpaired) electrons. The Balaban J connectivity index is 1.35. The largest absolute Gasteiger partial charge is 0.302 e. The minimum Gasteiger partial charge on any atom is -0.302 e. The lowest BCUT2D eigenvalue weighted by molar-refractivity contribution is -0.115. The van der Waals surface area contributed by atoms with Gasteiger partial charge >= 0.3 is 0 Å². The summed E-state index contributed by atoms with van der Waals surface area (Å²) < 4.78 is 24.8. The van der Waals surface area contributed by atoms with Gasteiger partial charge in [0.05, 0.1) is 37.9 Å². The van der Waals surface area contributed by atoms with E-state index in [1.165, 1.54) is 51.8 Å². The number of carbonyl (C=O) groups excluding carboxylic acids is 2. The van der Waals surface area contributed by atoms with Crippen LogP contribution in [0.1, 0.15) is 15.4 Å². The van der Waals surface area contributed by atoms with Crippen molar-refractivity contribution in [3.05, 3.63) is 51.7 Å². The predicted octanol–water partition coefficient (Wildman–Crippen LogP) is 4.37. The second-order valence-electron chi connectivity index (χ2n) is 6.44. The molecule has 0 saturated carbocycles. The number of thiophene rings is 1. The van der Waals surface area contributed by atoms with Crippen LogP contribution in [0, 0.1) is 0 Å². The summed E-state index contributed by atoms with van der Waals surface area (Å²) in [7, 11) is -3.31. The van der Waals surface area contributed by atoms with E-state index in [9.17, 15) is 18.0 Å². The van der Waals surface area contributed by atoms with E-state index in [0.29, 0.717) is 26.8 Å². The van der Waals surface area contributed by atoms with Crippen LogP contribution in [0.25, 0.3) is 10.2 Å². The lowest BCUT2D eigenvalue weighted by atomic mass is 10.3. The number of hydrogen-bond donors (Lipinski definition) is 1. The first-order chi connectivity index (χ1) is 14.8. The number of aromatic nitrogens is 2. The van der Waals surface area contributed by atoms with E-state index in [1.54, 1.807) is 23.6 Å². The van der Waals surface area contributed by atoms with Gasteiger partial charge in [-0.05, 0) is 29.6 Å². The van der Waals surface area contributed by atoms with Crippen LogP contribution in [0.5, 0.6) is 0 Å². The standard InChI is InChI=1S/C19H15N3O4S5/c1-31(25,26)12-4-5-13-16(8-12)30-18(21-13)22-17(24)7-11-9-28-19(20-11)29-10-14(23)15-3-2-6-27-15/h2-6,8-9H,7,10H2,1H3,(H,21,22,24). The molecule has 7 nitrogen and oxygen atoms in total. The highest BCUT2D eigenvalue weighted by Gasteiger charge is 2.14. The van der Waals surface area contributed by atoms with Gasteiger partial charge in [0.25, 0.3) is 0 Å². The Morgan fingerprint density at radius 3 is 2.74 bits per heavy atom. The molecule has 160 valence electrons. The molecular formula is C19H15N3O4S5. The van der Waals surface area contributed by atoms with Crippen molar-refractivity contribution in [3.8, 4) is 0 Å². The molecular weight excluding hydrogens is 495 g/mol. The van der Waals surface area contributed by atoms with Crippen molar-refractivity contribution < 1.29 is 18.0 Å². The van der Waals surface area contributed by atoms with Crippen molar-refractivity contribution in [1.82, 2.24) is 9.97 Å². The molecule has 0 saturated heterocycles. The maximum Gasteiger partial charge on any atom is 0.232 e. The monoisotopic (exact) mass is 509 g/mol. The fourth-order valence-corrected chi connectivity index (χ4v) is 6.72. The van der Waals surface area contributed by atoms with Crippen LogP contribution >= 0.6 is 45.8 Å². The number of hydrogen-bond acceptors (Lipinski definition) is 10. The molecule has 1 aromatic carbocycles. The summed E-state index contributed by atoms with van der Waals surface area (Å²) in [6.45, 7) is 0. The number of nitrogens with one attached hydrogen (secondary N) is 1. The number of ketones is 1. The van der Waals surface area contributed by atoms with Gasteiger partial charge in [0.1, 0.15) is 0 Å². The third kappa shape index (κ3) is 5.57. The summed E-state index contributed by atoms with van der Waals surface area (Å²) in [6.07, 6.45) is 1.23. The highest BCUT2D eigenvalue weighted by atomic mass is 32.2. The third-order valence-electron chi connectivity index (χ3n) is 4.03. The molecule has 3 aromatic heterocycles. The first-order valence-corrected chi connectivity index (χ1v) is 14.3. The fourth-order valence-electron chi connectivity index (χ4n) is 2.59. The van der Waals surface area contributed by atoms with E-state index in [4.69, 9.17) is 0 Å². The second kappa shape index (κ2) is 9.17. The highest BCUT2D eigenvalue weighted by Crippen LogP contribution is 2.29. The molecule has 1 amide bonds. The zero-order valence-electron chi connectivity index (χ0n) is 16.0. The Morgan fingerprint density at radius 2 is 2.00 bits per heavy atom. The number of anilines is 1. The molecule has 4 rings (SSSR count). The smallest absolute Gasteiger partial charge is 0.232 e. The average Bonchev–Trinajstić information content (AvgIpc) is 3.45. The molecule has 4 aromatic rings. The molecule has 0 aliphatic heterocycles. The molecule has 1 N–H and O–H groups in total. The summed E-state index contributed by atoms with van der Waals surface area (Å²) in [5, 5.41) is 6.81. The summed E-state index contributed by atoms with van der Waals surface area (Å²) in [6, 6.07) is 8.33. The van der Waals surface area contributed by atoms with Crippen LogP contribution in [0.2, 0.25) is 0 Å². The molecule has 0 aliphatic rings. The van der Waals surface area contributed by atoms with Gasteiger partial charge in [-0.1, -0.05) is 29.2 Å². The van der Waals surface area contributed by atoms with Gasteiger partial charge in [0.2, 0.25) is 5.91 Å². The lowest BCUT2D eigenvalue weighted by Gasteiger charge is -1.99. The average molecular weight is 510 g/mol. The Bertz CT molecular complexity index is 1360. The van der Waals surface area contributed by atoms with Crippen LogP contribution in [0.3, 0.4) is 0 Å². The Morgan fingerprint density at radius 1 is 1.16 bits per heavy atom. The summed E-state index contributed by atoms with van der Waals surface area (Å²) in [5.74, 6) is 0.101. The Kier molecular flexibility index (Phi) is 6.53. The molecule has 0 spiro atoms. The van der Waals surface area contributed by atoms with Crippen LogP contribution in [-0.2, 0) is 21.1 Å². The highest BCUT2D eigenvalue weighted by molar-refractivity contribution is 8.01. The molecule has 0 unspecified atom stereocenters. The number of benzene rings is 1. The minimum absolute atomic E-state index is 0.0596. The Hall–Kier alpha value is -2.12. The number of sulfone groups is 1. The van der Waals surface area contributed by atoms with Gasteiger partial charge in [-0.25, -0.2) is 18.4 Å². The number of thiazole rings is 2. The number of nitrogens with zero attached hydrogens (tertiary/aromatic N) is 2. The van der Waals surface area contributed by atoms with E-state index in [0.717, 1.165) is 15.5 Å². The number of thioether (sulfide) groups is 1. The van der Waals surface area contributed by atoms with E-state index in [1.807, 2.05) is 11.4 Å². The van der Waals surface area contributed by atoms with E-state index >= 15 is 0 Å². The number of fused-ring (bicyclic) bond motifs is 1. The van der Waals surface area contributed by atoms with E-state index < -0.39 is 9.84 Å². The fraction of sp³-hybridized carbons (Fsp3) is 0.158. The molecule has 0 aliphatic carbocycles. The lowest BCUT2D eigenvalue weighted by Crippen LogP contribution is -2.14. The quantitative estimate of drug-likeness (QED) is 0.278. The van der Waals surface area contributed by atoms with Crippen molar-refractivity contribution in [3.63, 3.8) is 0 Å². The second-order valence-corrected chi connectivity index (χ2v) is 12.5. The van der Waals surface area contributed by atoms with Crippen molar-refractivity contribution in [1.29, 1.82) is 0 Å². The van der Waals surface area contributed by atoms with Gasteiger partial charge in [0, 0.05) is 11.6 Å². The SMILES string of the molecule is CS(=O)(=O)c1ccc2nc(NC(=O)Cc3csc(SCC(=O)c4cccs4)n3)sc2c1. The normalized spacial score (nSPS) is 11.6. The molecule has 0 fully saturated rings. The van der Waals surface area contributed by atoms with Crippen LogP contribution in [-0.4, -0.2) is 42.1 Å². The Labute approximate surface area is 194 Å². The summed E-state index contributed by atoms with van der Waals surface area (Å²) in [5.41, 5.74) is 1.24. The van der Waals surface area contributed by atoms with E-state index in [2.05, 4.69) is 15.3 Å². The molecule has 12 heteroatoms. The van der Waals surface area contributed by atoms with Crippen molar-refractivity contribution >= 4 is 82.6 Å². The van der Waals surface area contributed by atoms with Crippen LogP contribution < -0.4 is 5.32 Å². The number of Topliss-reactive ketones (excluding diaryl/α,β-unsaturated/α-hetero) is 1. The van der Waals surface area contributed by atoms with Crippen molar-refractivity contribution in [2.24, 2.45) is 0 Å². The minimum atomic E-state index is -3.31. The predicted molar refractivity (Wildman–Crippen MR) is 127 cm³/mol. The maximum atomic E-state index is 12.4. The first-order valence-electron chi connectivity index (χ1n) is 8.82. The van der Waals surface area contributed by atoms with Crippen LogP contribution in [0.4, 0.5) is 5.13 Å². The zero-order valence-corrected chi connectivity index (χ0v) is 20.1. The molecule has 0 atom stereocenters. The number of carbonyl (C=O) groups is 2. The summed E-state index contributed by atoms with van der Waals surface area (Å²) >= 11 is 5.39. The van der Waals surface area contributed by atoms with Crippen molar-refractivity contribution in [2.75, 3.05) is 17.3 Å². The molecule has 31 heavy (non-hydrogen) atoms. The molecule has 0 bridgehead atoms. The van der Waals surface area contributed by atoms with Gasteiger partial charge in [-0.3, -0.25) is 9.59 Å². The topological polar surface area (TPSA) is 106 Å². The van der Waals surface area contributed by atoms with E-state index in [-0.39, 0.29) is 23.0 Å². The van der Waals surface area contributed by atoms with Gasteiger partial charge < -0.3 is 5.32 Å². The van der Waals surface area contributed by atoms with Gasteiger partial charge in [0.15, 0.2) is 25.1 Å². The third-order valence-corrected chi connectivity index (χ3v) is 9.05. The summed E-state index contributed by atoms with van der Waals surface area (Å²) in [4.78, 5) is 34.1. The maximum absolute atomic E-state index is 12.4. The van der Waals surface area contributed by atoms with Gasteiger partial charge in [-0.15, -0.1) is 22.7 Å². The van der Waals surface area contributed by atoms with Crippen LogP contribution in [0.15, 0.2) is 50.3 Å². The van der Waals surface area contributed by atoms with Crippen molar-refractivity contribution in [2.45, 2.75) is 15.7 Å². The molecule has 3 heterocycles. The number of amides is 1. The van der Waals surface area contributed by atoms with Gasteiger partial charge in [-0.2, -0.15) is 0 Å².